The highest BCUT2D eigenvalue weighted by Gasteiger charge is 2.38. The maximum absolute atomic E-state index is 11.1. The molecule has 1 aliphatic rings. The Morgan fingerprint density at radius 1 is 1.50 bits per heavy atom. The smallest absolute Gasteiger partial charge is 0.407 e. The lowest BCUT2D eigenvalue weighted by atomic mass is 9.77. The van der Waals surface area contributed by atoms with E-state index in [1.54, 1.807) is 0 Å². The first-order valence-electron chi connectivity index (χ1n) is 5.49. The van der Waals surface area contributed by atoms with Crippen molar-refractivity contribution in [2.45, 2.75) is 52.0 Å². The fourth-order valence-corrected chi connectivity index (χ4v) is 2.56. The van der Waals surface area contributed by atoms with Crippen LogP contribution in [0.2, 0.25) is 0 Å². The van der Waals surface area contributed by atoms with Crippen LogP contribution in [-0.2, 0) is 4.74 Å². The fraction of sp³-hybridized carbons (Fsp3) is 0.909. The van der Waals surface area contributed by atoms with Crippen molar-refractivity contribution in [1.29, 1.82) is 0 Å². The molecule has 0 aromatic heterocycles. The van der Waals surface area contributed by atoms with E-state index in [2.05, 4.69) is 23.9 Å². The van der Waals surface area contributed by atoms with Crippen LogP contribution in [0.4, 0.5) is 4.79 Å². The predicted octanol–water partition coefficient (Wildman–Crippen LogP) is 2.70. The van der Waals surface area contributed by atoms with E-state index in [0.29, 0.717) is 5.41 Å². The van der Waals surface area contributed by atoms with E-state index in [4.69, 9.17) is 0 Å². The zero-order valence-electron chi connectivity index (χ0n) is 9.43. The number of carbonyl (C=O) groups is 1. The Bertz CT molecular complexity index is 197. The highest BCUT2D eigenvalue weighted by molar-refractivity contribution is 5.67. The molecule has 0 spiro atoms. The summed E-state index contributed by atoms with van der Waals surface area (Å²) in [4.78, 5) is 11.1. The van der Waals surface area contributed by atoms with Crippen molar-refractivity contribution < 1.29 is 9.53 Å². The molecule has 0 bridgehead atoms. The van der Waals surface area contributed by atoms with Gasteiger partial charge in [0.2, 0.25) is 0 Å². The Kier molecular flexibility index (Phi) is 3.78. The van der Waals surface area contributed by atoms with Crippen molar-refractivity contribution in [3.63, 3.8) is 0 Å². The molecule has 1 unspecified atom stereocenters. The molecule has 0 aliphatic heterocycles. The highest BCUT2D eigenvalue weighted by Crippen LogP contribution is 2.43. The second-order valence-corrected chi connectivity index (χ2v) is 4.28. The number of carbonyl (C=O) groups excluding carboxylic acids is 1. The maximum atomic E-state index is 11.1. The summed E-state index contributed by atoms with van der Waals surface area (Å²) in [5.74, 6) is 0. The van der Waals surface area contributed by atoms with Crippen molar-refractivity contribution in [2.75, 3.05) is 7.11 Å². The van der Waals surface area contributed by atoms with Gasteiger partial charge in [0.1, 0.15) is 0 Å². The van der Waals surface area contributed by atoms with Crippen LogP contribution >= 0.6 is 0 Å². The van der Waals surface area contributed by atoms with Gasteiger partial charge in [-0.15, -0.1) is 0 Å². The van der Waals surface area contributed by atoms with Crippen molar-refractivity contribution in [1.82, 2.24) is 5.32 Å². The van der Waals surface area contributed by atoms with E-state index >= 15 is 0 Å². The lowest BCUT2D eigenvalue weighted by Gasteiger charge is -2.34. The molecule has 0 aromatic carbocycles. The number of alkyl carbamates (subject to hydrolysis) is 1. The summed E-state index contributed by atoms with van der Waals surface area (Å²) in [6.07, 6.45) is 5.88. The highest BCUT2D eigenvalue weighted by atomic mass is 16.5. The third kappa shape index (κ3) is 2.20. The minimum atomic E-state index is -0.308. The quantitative estimate of drug-likeness (QED) is 0.759. The molecule has 1 saturated carbocycles. The van der Waals surface area contributed by atoms with Gasteiger partial charge in [-0.25, -0.2) is 4.79 Å². The molecular weight excluding hydrogens is 178 g/mol. The first kappa shape index (κ1) is 11.3. The van der Waals surface area contributed by atoms with E-state index in [1.165, 1.54) is 32.8 Å². The molecule has 1 fully saturated rings. The Morgan fingerprint density at radius 3 is 2.50 bits per heavy atom. The fourth-order valence-electron chi connectivity index (χ4n) is 2.56. The third-order valence-electron chi connectivity index (χ3n) is 3.74. The zero-order valence-corrected chi connectivity index (χ0v) is 9.43. The summed E-state index contributed by atoms with van der Waals surface area (Å²) in [5, 5.41) is 2.90. The SMILES string of the molecule is CCC1(C(C)NC(=O)OC)CCCC1. The summed E-state index contributed by atoms with van der Waals surface area (Å²) in [7, 11) is 1.41. The second-order valence-electron chi connectivity index (χ2n) is 4.28. The van der Waals surface area contributed by atoms with Gasteiger partial charge < -0.3 is 10.1 Å². The van der Waals surface area contributed by atoms with Gasteiger partial charge >= 0.3 is 6.09 Å². The molecule has 3 heteroatoms. The van der Waals surface area contributed by atoms with Crippen molar-refractivity contribution in [3.8, 4) is 0 Å². The van der Waals surface area contributed by atoms with Gasteiger partial charge in [0, 0.05) is 6.04 Å². The molecule has 1 rings (SSSR count). The lowest BCUT2D eigenvalue weighted by Crippen LogP contribution is -2.44. The molecule has 0 aromatic rings. The van der Waals surface area contributed by atoms with E-state index < -0.39 is 0 Å². The van der Waals surface area contributed by atoms with Crippen LogP contribution in [0.25, 0.3) is 0 Å². The average molecular weight is 199 g/mol. The number of nitrogens with one attached hydrogen (secondary N) is 1. The number of ether oxygens (including phenoxy) is 1. The molecule has 0 radical (unpaired) electrons. The minimum Gasteiger partial charge on any atom is -0.453 e. The van der Waals surface area contributed by atoms with Crippen molar-refractivity contribution >= 4 is 6.09 Å². The molecule has 1 amide bonds. The van der Waals surface area contributed by atoms with E-state index in [-0.39, 0.29) is 12.1 Å². The molecule has 0 heterocycles. The molecule has 1 aliphatic carbocycles. The Hall–Kier alpha value is -0.730. The number of methoxy groups -OCH3 is 1. The van der Waals surface area contributed by atoms with Crippen LogP contribution in [0, 0.1) is 5.41 Å². The van der Waals surface area contributed by atoms with E-state index in [1.807, 2.05) is 0 Å². The summed E-state index contributed by atoms with van der Waals surface area (Å²) < 4.78 is 4.62. The van der Waals surface area contributed by atoms with Crippen LogP contribution in [0.15, 0.2) is 0 Å². The van der Waals surface area contributed by atoms with Crippen LogP contribution in [0.3, 0.4) is 0 Å². The standard InChI is InChI=1S/C11H21NO2/c1-4-11(7-5-6-8-11)9(2)12-10(13)14-3/h9H,4-8H2,1-3H3,(H,12,13). The van der Waals surface area contributed by atoms with Gasteiger partial charge in [-0.05, 0) is 31.6 Å². The first-order chi connectivity index (χ1) is 6.64. The van der Waals surface area contributed by atoms with Crippen LogP contribution in [0.1, 0.15) is 46.0 Å². The molecular formula is C11H21NO2. The van der Waals surface area contributed by atoms with Gasteiger partial charge in [0.05, 0.1) is 7.11 Å². The molecule has 0 saturated heterocycles. The van der Waals surface area contributed by atoms with Crippen molar-refractivity contribution in [2.24, 2.45) is 5.41 Å². The summed E-state index contributed by atoms with van der Waals surface area (Å²) in [6, 6.07) is 0.224. The third-order valence-corrected chi connectivity index (χ3v) is 3.74. The maximum Gasteiger partial charge on any atom is 0.407 e. The average Bonchev–Trinajstić information content (AvgIpc) is 2.67. The second kappa shape index (κ2) is 4.67. The number of hydrogen-bond donors (Lipinski definition) is 1. The Labute approximate surface area is 86.2 Å². The minimum absolute atomic E-state index is 0.224. The Balaban J connectivity index is 2.55. The van der Waals surface area contributed by atoms with Gasteiger partial charge in [0.15, 0.2) is 0 Å². The van der Waals surface area contributed by atoms with Gasteiger partial charge in [-0.1, -0.05) is 19.8 Å². The zero-order chi connectivity index (χ0) is 10.6. The summed E-state index contributed by atoms with van der Waals surface area (Å²) >= 11 is 0. The number of rotatable bonds is 3. The Morgan fingerprint density at radius 2 is 2.07 bits per heavy atom. The first-order valence-corrected chi connectivity index (χ1v) is 5.49. The molecule has 82 valence electrons. The van der Waals surface area contributed by atoms with Gasteiger partial charge in [-0.3, -0.25) is 0 Å². The lowest BCUT2D eigenvalue weighted by molar-refractivity contribution is 0.143. The normalized spacial score (nSPS) is 21.6. The van der Waals surface area contributed by atoms with Crippen molar-refractivity contribution in [3.05, 3.63) is 0 Å². The number of hydrogen-bond acceptors (Lipinski definition) is 2. The van der Waals surface area contributed by atoms with Crippen LogP contribution in [-0.4, -0.2) is 19.2 Å². The molecule has 1 atom stereocenters. The molecule has 3 nitrogen and oxygen atoms in total. The predicted molar refractivity (Wildman–Crippen MR) is 56.2 cm³/mol. The largest absolute Gasteiger partial charge is 0.453 e. The molecule has 1 N–H and O–H groups in total. The van der Waals surface area contributed by atoms with Gasteiger partial charge in [-0.2, -0.15) is 0 Å². The monoisotopic (exact) mass is 199 g/mol. The van der Waals surface area contributed by atoms with Crippen LogP contribution in [0.5, 0.6) is 0 Å². The van der Waals surface area contributed by atoms with E-state index in [9.17, 15) is 4.79 Å². The summed E-state index contributed by atoms with van der Waals surface area (Å²) in [6.45, 7) is 4.30. The topological polar surface area (TPSA) is 38.3 Å². The number of amides is 1. The van der Waals surface area contributed by atoms with Crippen LogP contribution < -0.4 is 5.32 Å². The molecule has 14 heavy (non-hydrogen) atoms. The van der Waals surface area contributed by atoms with E-state index in [0.717, 1.165) is 6.42 Å². The summed E-state index contributed by atoms with van der Waals surface area (Å²) in [5.41, 5.74) is 0.314. The van der Waals surface area contributed by atoms with Gasteiger partial charge in [0.25, 0.3) is 0 Å².